The fourth-order valence-electron chi connectivity index (χ4n) is 4.31. The molecule has 180 valence electrons. The molecule has 1 aliphatic heterocycles. The first kappa shape index (κ1) is 24.2. The van der Waals surface area contributed by atoms with E-state index < -0.39 is 23.4 Å². The molecule has 1 amide bonds. The number of nitriles is 1. The molecule has 0 aliphatic carbocycles. The van der Waals surface area contributed by atoms with Crippen molar-refractivity contribution in [2.24, 2.45) is 5.73 Å². The van der Waals surface area contributed by atoms with Crippen LogP contribution < -0.4 is 5.73 Å². The van der Waals surface area contributed by atoms with Gasteiger partial charge in [-0.3, -0.25) is 9.69 Å². The first-order valence-corrected chi connectivity index (χ1v) is 11.2. The molecule has 0 aromatic heterocycles. The molecular formula is C28H23N3O5. The van der Waals surface area contributed by atoms with E-state index in [1.807, 2.05) is 18.2 Å². The Morgan fingerprint density at radius 3 is 1.72 bits per heavy atom. The molecule has 8 nitrogen and oxygen atoms in total. The van der Waals surface area contributed by atoms with Crippen LogP contribution >= 0.6 is 0 Å². The first-order valence-electron chi connectivity index (χ1n) is 11.2. The number of ether oxygens (including phenoxy) is 2. The summed E-state index contributed by atoms with van der Waals surface area (Å²) in [5.74, 6) is -3.66. The number of nitrogens with two attached hydrogens (primary N) is 1. The van der Waals surface area contributed by atoms with Crippen molar-refractivity contribution in [3.05, 3.63) is 119 Å². The zero-order valence-electron chi connectivity index (χ0n) is 19.2. The third-order valence-corrected chi connectivity index (χ3v) is 6.03. The van der Waals surface area contributed by atoms with E-state index >= 15 is 0 Å². The maximum atomic E-state index is 13.8. The van der Waals surface area contributed by atoms with Crippen molar-refractivity contribution in [2.45, 2.75) is 24.7 Å². The molecule has 0 saturated carbocycles. The Hall–Kier alpha value is -4.90. The molecular weight excluding hydrogens is 458 g/mol. The Balaban J connectivity index is 1.81. The minimum absolute atomic E-state index is 0.110. The van der Waals surface area contributed by atoms with Gasteiger partial charge in [0.1, 0.15) is 19.0 Å². The molecule has 0 unspecified atom stereocenters. The van der Waals surface area contributed by atoms with Gasteiger partial charge in [0.15, 0.2) is 0 Å². The molecule has 0 bridgehead atoms. The van der Waals surface area contributed by atoms with Crippen LogP contribution in [-0.4, -0.2) is 28.8 Å². The quantitative estimate of drug-likeness (QED) is 0.298. The predicted molar refractivity (Wildman–Crippen MR) is 129 cm³/mol. The summed E-state index contributed by atoms with van der Waals surface area (Å²) in [6.45, 7) is -0.327. The minimum Gasteiger partial charge on any atom is -0.459 e. The largest absolute Gasteiger partial charge is 0.459 e. The van der Waals surface area contributed by atoms with E-state index in [2.05, 4.69) is 0 Å². The van der Waals surface area contributed by atoms with E-state index in [0.717, 1.165) is 4.90 Å². The third kappa shape index (κ3) is 4.30. The van der Waals surface area contributed by atoms with E-state index in [9.17, 15) is 19.6 Å². The van der Waals surface area contributed by atoms with Crippen LogP contribution in [0.25, 0.3) is 0 Å². The van der Waals surface area contributed by atoms with Crippen molar-refractivity contribution in [2.75, 3.05) is 0 Å². The zero-order chi connectivity index (χ0) is 25.5. The summed E-state index contributed by atoms with van der Waals surface area (Å²) in [5.41, 5.74) is 5.46. The lowest BCUT2D eigenvalue weighted by Gasteiger charge is -2.36. The van der Waals surface area contributed by atoms with Crippen molar-refractivity contribution in [3.63, 3.8) is 0 Å². The van der Waals surface area contributed by atoms with Gasteiger partial charge in [0.2, 0.25) is 6.41 Å². The SMILES string of the molecule is N#CC1=C(N)N(C=O)C(C(=O)OCc2ccccc2)(C(=O)OCc2ccccc2)[C@@H]1c1ccccc1. The molecule has 0 radical (unpaired) electrons. The summed E-state index contributed by atoms with van der Waals surface area (Å²) < 4.78 is 11.2. The fourth-order valence-corrected chi connectivity index (χ4v) is 4.31. The summed E-state index contributed by atoms with van der Waals surface area (Å²) in [4.78, 5) is 40.7. The number of nitrogens with zero attached hydrogens (tertiary/aromatic N) is 2. The van der Waals surface area contributed by atoms with Gasteiger partial charge in [0, 0.05) is 0 Å². The maximum Gasteiger partial charge on any atom is 0.345 e. The standard InChI is InChI=1S/C28H23N3O5/c29-16-23-24(22-14-8-3-9-15-22)28(31(19-32)25(23)30,26(33)35-17-20-10-4-1-5-11-20)27(34)36-18-21-12-6-2-7-13-21/h1-15,19,24H,17-18,30H2/t24-/m1/s1. The highest BCUT2D eigenvalue weighted by molar-refractivity contribution is 6.10. The number of benzene rings is 3. The van der Waals surface area contributed by atoms with Gasteiger partial charge in [-0.1, -0.05) is 91.0 Å². The van der Waals surface area contributed by atoms with E-state index in [-0.39, 0.29) is 31.0 Å². The van der Waals surface area contributed by atoms with Crippen molar-refractivity contribution >= 4 is 18.3 Å². The predicted octanol–water partition coefficient (Wildman–Crippen LogP) is 3.16. The Bertz CT molecular complexity index is 1260. The molecule has 1 aliphatic rings. The van der Waals surface area contributed by atoms with E-state index in [1.165, 1.54) is 0 Å². The third-order valence-electron chi connectivity index (χ3n) is 6.03. The molecule has 8 heteroatoms. The average Bonchev–Trinajstić information content (AvgIpc) is 3.20. The number of amides is 1. The lowest BCUT2D eigenvalue weighted by molar-refractivity contribution is -0.177. The van der Waals surface area contributed by atoms with Crippen LogP contribution in [-0.2, 0) is 37.1 Å². The number of hydrogen-bond acceptors (Lipinski definition) is 7. The van der Waals surface area contributed by atoms with E-state index in [1.54, 1.807) is 78.9 Å². The fraction of sp³-hybridized carbons (Fsp3) is 0.143. The summed E-state index contributed by atoms with van der Waals surface area (Å²) in [6, 6.07) is 28.2. The Morgan fingerprint density at radius 1 is 0.861 bits per heavy atom. The second kappa shape index (κ2) is 10.6. The number of carbonyl (C=O) groups excluding carboxylic acids is 3. The van der Waals surface area contributed by atoms with Gasteiger partial charge < -0.3 is 15.2 Å². The smallest absolute Gasteiger partial charge is 0.345 e. The van der Waals surface area contributed by atoms with Gasteiger partial charge in [-0.15, -0.1) is 0 Å². The van der Waals surface area contributed by atoms with Crippen LogP contribution in [0.2, 0.25) is 0 Å². The summed E-state index contributed by atoms with van der Waals surface area (Å²) in [7, 11) is 0. The molecule has 0 saturated heterocycles. The van der Waals surface area contributed by atoms with Gasteiger partial charge in [0.25, 0.3) is 5.54 Å². The van der Waals surface area contributed by atoms with Gasteiger partial charge in [-0.2, -0.15) is 5.26 Å². The summed E-state index contributed by atoms with van der Waals surface area (Å²) >= 11 is 0. The second-order valence-corrected chi connectivity index (χ2v) is 8.12. The van der Waals surface area contributed by atoms with Gasteiger partial charge >= 0.3 is 11.9 Å². The van der Waals surface area contributed by atoms with Crippen LogP contribution in [0.1, 0.15) is 22.6 Å². The number of hydrogen-bond donors (Lipinski definition) is 1. The number of carbonyl (C=O) groups is 3. The molecule has 3 aromatic carbocycles. The highest BCUT2D eigenvalue weighted by atomic mass is 16.6. The Morgan fingerprint density at radius 2 is 1.31 bits per heavy atom. The van der Waals surface area contributed by atoms with Crippen molar-refractivity contribution < 1.29 is 23.9 Å². The molecule has 1 heterocycles. The van der Waals surface area contributed by atoms with Crippen LogP contribution in [0.4, 0.5) is 0 Å². The molecule has 3 aromatic rings. The summed E-state index contributed by atoms with van der Waals surface area (Å²) in [6.07, 6.45) is 0.253. The van der Waals surface area contributed by atoms with E-state index in [4.69, 9.17) is 15.2 Å². The first-order chi connectivity index (χ1) is 17.5. The molecule has 0 spiro atoms. The van der Waals surface area contributed by atoms with Gasteiger partial charge in [0.05, 0.1) is 17.6 Å². The number of rotatable bonds is 8. The molecule has 2 N–H and O–H groups in total. The minimum atomic E-state index is -2.37. The van der Waals surface area contributed by atoms with Crippen molar-refractivity contribution in [3.8, 4) is 6.07 Å². The molecule has 1 atom stereocenters. The maximum absolute atomic E-state index is 13.8. The van der Waals surface area contributed by atoms with Crippen molar-refractivity contribution in [1.29, 1.82) is 5.26 Å². The topological polar surface area (TPSA) is 123 Å². The monoisotopic (exact) mass is 481 g/mol. The highest BCUT2D eigenvalue weighted by Gasteiger charge is 2.66. The number of esters is 2. The van der Waals surface area contributed by atoms with Gasteiger partial charge in [-0.25, -0.2) is 9.59 Å². The van der Waals surface area contributed by atoms with Crippen LogP contribution in [0.3, 0.4) is 0 Å². The van der Waals surface area contributed by atoms with Crippen LogP contribution in [0.15, 0.2) is 102 Å². The highest BCUT2D eigenvalue weighted by Crippen LogP contribution is 2.48. The average molecular weight is 482 g/mol. The second-order valence-electron chi connectivity index (χ2n) is 8.12. The molecule has 36 heavy (non-hydrogen) atoms. The Kier molecular flexibility index (Phi) is 7.12. The molecule has 4 rings (SSSR count). The van der Waals surface area contributed by atoms with Crippen molar-refractivity contribution in [1.82, 2.24) is 4.90 Å². The normalized spacial score (nSPS) is 16.2. The van der Waals surface area contributed by atoms with Gasteiger partial charge in [-0.05, 0) is 16.7 Å². The van der Waals surface area contributed by atoms with Crippen LogP contribution in [0.5, 0.6) is 0 Å². The Labute approximate surface area is 208 Å². The lowest BCUT2D eigenvalue weighted by Crippen LogP contribution is -2.61. The molecule has 0 fully saturated rings. The lowest BCUT2D eigenvalue weighted by atomic mass is 9.76. The zero-order valence-corrected chi connectivity index (χ0v) is 19.2. The van der Waals surface area contributed by atoms with E-state index in [0.29, 0.717) is 16.7 Å². The summed E-state index contributed by atoms with van der Waals surface area (Å²) in [5, 5.41) is 9.96. The van der Waals surface area contributed by atoms with Crippen LogP contribution in [0, 0.1) is 11.3 Å².